The molecule has 0 fully saturated rings. The summed E-state index contributed by atoms with van der Waals surface area (Å²) in [5, 5.41) is 10.5. The second kappa shape index (κ2) is 4.41. The van der Waals surface area contributed by atoms with Gasteiger partial charge in [-0.05, 0) is 19.9 Å². The highest BCUT2D eigenvalue weighted by atomic mass is 35.5. The lowest BCUT2D eigenvalue weighted by atomic mass is 10.3. The third-order valence-corrected chi connectivity index (χ3v) is 1.77. The second-order valence-electron chi connectivity index (χ2n) is 3.18. The molecule has 0 amide bonds. The van der Waals surface area contributed by atoms with Gasteiger partial charge in [0.05, 0.1) is 6.04 Å². The fourth-order valence-electron chi connectivity index (χ4n) is 1.05. The Balaban J connectivity index is 0.00000112. The highest BCUT2D eigenvalue weighted by Crippen LogP contribution is 2.16. The number of H-pyrrole nitrogens is 1. The number of nitrogens with zero attached hydrogens (tertiary/aromatic N) is 3. The van der Waals surface area contributed by atoms with Crippen molar-refractivity contribution in [3.63, 3.8) is 0 Å². The van der Waals surface area contributed by atoms with Crippen LogP contribution in [0.4, 0.5) is 0 Å². The molecule has 2 rings (SSSR count). The van der Waals surface area contributed by atoms with Gasteiger partial charge in [0, 0.05) is 5.69 Å². The van der Waals surface area contributed by atoms with Crippen LogP contribution in [0.25, 0.3) is 11.6 Å². The van der Waals surface area contributed by atoms with E-state index in [-0.39, 0.29) is 18.4 Å². The van der Waals surface area contributed by atoms with E-state index in [4.69, 9.17) is 10.3 Å². The number of aromatic amines is 1. The predicted molar refractivity (Wildman–Crippen MR) is 56.5 cm³/mol. The first kappa shape index (κ1) is 11.7. The summed E-state index contributed by atoms with van der Waals surface area (Å²) in [6.45, 7) is 3.70. The van der Waals surface area contributed by atoms with Gasteiger partial charge in [0.1, 0.15) is 0 Å². The van der Waals surface area contributed by atoms with E-state index in [2.05, 4.69) is 20.3 Å². The molecule has 2 aromatic rings. The van der Waals surface area contributed by atoms with Crippen molar-refractivity contribution in [1.29, 1.82) is 0 Å². The molecule has 2 aromatic heterocycles. The molecule has 0 spiro atoms. The normalized spacial score (nSPS) is 12.2. The SMILES string of the molecule is Cc1cc(-c2nc(C(C)N)no2)n[nH]1.Cl. The summed E-state index contributed by atoms with van der Waals surface area (Å²) in [5.74, 6) is 0.877. The molecule has 0 saturated carbocycles. The monoisotopic (exact) mass is 229 g/mol. The smallest absolute Gasteiger partial charge is 0.278 e. The molecule has 0 aliphatic rings. The van der Waals surface area contributed by atoms with E-state index in [0.29, 0.717) is 17.4 Å². The van der Waals surface area contributed by atoms with Gasteiger partial charge in [-0.1, -0.05) is 5.16 Å². The summed E-state index contributed by atoms with van der Waals surface area (Å²) in [6.07, 6.45) is 0. The van der Waals surface area contributed by atoms with Crippen LogP contribution in [0.15, 0.2) is 10.6 Å². The van der Waals surface area contributed by atoms with Crippen molar-refractivity contribution in [3.8, 4) is 11.6 Å². The van der Waals surface area contributed by atoms with Gasteiger partial charge < -0.3 is 10.3 Å². The third-order valence-electron chi connectivity index (χ3n) is 1.77. The van der Waals surface area contributed by atoms with E-state index in [9.17, 15) is 0 Å². The minimum atomic E-state index is -0.229. The largest absolute Gasteiger partial charge is 0.332 e. The van der Waals surface area contributed by atoms with Gasteiger partial charge in [0.25, 0.3) is 5.89 Å². The minimum Gasteiger partial charge on any atom is -0.332 e. The van der Waals surface area contributed by atoms with Crippen LogP contribution in [0.2, 0.25) is 0 Å². The average molecular weight is 230 g/mol. The van der Waals surface area contributed by atoms with Crippen LogP contribution in [0, 0.1) is 6.92 Å². The Labute approximate surface area is 92.7 Å². The predicted octanol–water partition coefficient (Wildman–Crippen LogP) is 1.21. The molecule has 15 heavy (non-hydrogen) atoms. The van der Waals surface area contributed by atoms with Crippen molar-refractivity contribution < 1.29 is 4.52 Å². The fourth-order valence-corrected chi connectivity index (χ4v) is 1.05. The van der Waals surface area contributed by atoms with Gasteiger partial charge >= 0.3 is 0 Å². The molecule has 0 aliphatic carbocycles. The molecular weight excluding hydrogens is 218 g/mol. The summed E-state index contributed by atoms with van der Waals surface area (Å²) in [7, 11) is 0. The van der Waals surface area contributed by atoms with Gasteiger partial charge in [-0.3, -0.25) is 5.10 Å². The Kier molecular flexibility index (Phi) is 3.43. The summed E-state index contributed by atoms with van der Waals surface area (Å²) < 4.78 is 5.00. The quantitative estimate of drug-likeness (QED) is 0.807. The van der Waals surface area contributed by atoms with E-state index in [0.717, 1.165) is 5.69 Å². The lowest BCUT2D eigenvalue weighted by Gasteiger charge is -1.92. The molecule has 6 nitrogen and oxygen atoms in total. The molecule has 7 heteroatoms. The minimum absolute atomic E-state index is 0. The molecular formula is C8H12ClN5O. The number of halogens is 1. The second-order valence-corrected chi connectivity index (χ2v) is 3.18. The highest BCUT2D eigenvalue weighted by Gasteiger charge is 2.13. The maximum Gasteiger partial charge on any atom is 0.278 e. The van der Waals surface area contributed by atoms with Crippen LogP contribution in [-0.4, -0.2) is 20.3 Å². The molecule has 2 heterocycles. The summed E-state index contributed by atoms with van der Waals surface area (Å²) in [5.41, 5.74) is 7.18. The Morgan fingerprint density at radius 3 is 2.73 bits per heavy atom. The zero-order valence-electron chi connectivity index (χ0n) is 8.39. The molecule has 0 radical (unpaired) electrons. The van der Waals surface area contributed by atoms with Gasteiger partial charge in [-0.25, -0.2) is 0 Å². The van der Waals surface area contributed by atoms with E-state index in [1.807, 2.05) is 13.0 Å². The number of rotatable bonds is 2. The Bertz CT molecular complexity index is 436. The number of aromatic nitrogens is 4. The Morgan fingerprint density at radius 2 is 2.27 bits per heavy atom. The van der Waals surface area contributed by atoms with Crippen molar-refractivity contribution in [2.75, 3.05) is 0 Å². The van der Waals surface area contributed by atoms with Crippen LogP contribution in [0.5, 0.6) is 0 Å². The zero-order valence-corrected chi connectivity index (χ0v) is 9.21. The first-order valence-corrected chi connectivity index (χ1v) is 4.28. The Morgan fingerprint density at radius 1 is 1.53 bits per heavy atom. The molecule has 0 aromatic carbocycles. The Hall–Kier alpha value is -1.40. The van der Waals surface area contributed by atoms with Crippen LogP contribution in [0.1, 0.15) is 24.5 Å². The van der Waals surface area contributed by atoms with Crippen LogP contribution >= 0.6 is 12.4 Å². The first-order valence-electron chi connectivity index (χ1n) is 4.28. The van der Waals surface area contributed by atoms with Gasteiger partial charge in [-0.15, -0.1) is 12.4 Å². The van der Waals surface area contributed by atoms with Crippen LogP contribution < -0.4 is 5.73 Å². The zero-order chi connectivity index (χ0) is 10.1. The summed E-state index contributed by atoms with van der Waals surface area (Å²) >= 11 is 0. The number of hydrogen-bond acceptors (Lipinski definition) is 5. The molecule has 82 valence electrons. The van der Waals surface area contributed by atoms with Crippen LogP contribution in [-0.2, 0) is 0 Å². The van der Waals surface area contributed by atoms with Crippen molar-refractivity contribution in [1.82, 2.24) is 20.3 Å². The first-order chi connectivity index (χ1) is 6.66. The molecule has 0 aliphatic heterocycles. The maximum absolute atomic E-state index is 5.60. The van der Waals surface area contributed by atoms with Gasteiger partial charge in [0.15, 0.2) is 11.5 Å². The lowest BCUT2D eigenvalue weighted by Crippen LogP contribution is -2.06. The van der Waals surface area contributed by atoms with E-state index in [1.54, 1.807) is 6.92 Å². The molecule has 0 bridgehead atoms. The number of nitrogens with two attached hydrogens (primary N) is 1. The number of hydrogen-bond donors (Lipinski definition) is 2. The van der Waals surface area contributed by atoms with Crippen molar-refractivity contribution in [3.05, 3.63) is 17.6 Å². The topological polar surface area (TPSA) is 93.6 Å². The molecule has 3 N–H and O–H groups in total. The van der Waals surface area contributed by atoms with Gasteiger partial charge in [-0.2, -0.15) is 10.1 Å². The summed E-state index contributed by atoms with van der Waals surface area (Å²) in [4.78, 5) is 4.11. The summed E-state index contributed by atoms with van der Waals surface area (Å²) in [6, 6.07) is 1.60. The van der Waals surface area contributed by atoms with E-state index < -0.39 is 0 Å². The fraction of sp³-hybridized carbons (Fsp3) is 0.375. The van der Waals surface area contributed by atoms with Crippen molar-refractivity contribution in [2.24, 2.45) is 5.73 Å². The third kappa shape index (κ3) is 2.34. The van der Waals surface area contributed by atoms with Gasteiger partial charge in [0.2, 0.25) is 0 Å². The van der Waals surface area contributed by atoms with E-state index >= 15 is 0 Å². The number of nitrogens with one attached hydrogen (secondary N) is 1. The van der Waals surface area contributed by atoms with Crippen molar-refractivity contribution >= 4 is 12.4 Å². The molecule has 1 atom stereocenters. The van der Waals surface area contributed by atoms with E-state index in [1.165, 1.54) is 0 Å². The maximum atomic E-state index is 5.60. The van der Waals surface area contributed by atoms with Crippen molar-refractivity contribution in [2.45, 2.75) is 19.9 Å². The average Bonchev–Trinajstić information content (AvgIpc) is 2.70. The molecule has 0 saturated heterocycles. The molecule has 1 unspecified atom stereocenters. The number of aryl methyl sites for hydroxylation is 1. The highest BCUT2D eigenvalue weighted by molar-refractivity contribution is 5.85. The standard InChI is InChI=1S/C8H11N5O.ClH/c1-4-3-6(12-11-4)8-10-7(5(2)9)13-14-8;/h3,5H,9H2,1-2H3,(H,11,12);1H. The lowest BCUT2D eigenvalue weighted by molar-refractivity contribution is 0.417. The van der Waals surface area contributed by atoms with Crippen LogP contribution in [0.3, 0.4) is 0 Å².